The molecule has 2 aliphatic heterocycles. The minimum atomic E-state index is -0.479. The molecular weight excluding hydrogens is 364 g/mol. The van der Waals surface area contributed by atoms with Gasteiger partial charge in [0.1, 0.15) is 11.4 Å². The molecule has 0 N–H and O–H groups in total. The zero-order chi connectivity index (χ0) is 19.6. The van der Waals surface area contributed by atoms with Crippen LogP contribution in [0.25, 0.3) is 0 Å². The Labute approximate surface area is 166 Å². The van der Waals surface area contributed by atoms with E-state index in [9.17, 15) is 9.59 Å². The smallest absolute Gasteiger partial charge is 0.410 e. The van der Waals surface area contributed by atoms with Gasteiger partial charge in [-0.2, -0.15) is 12.6 Å². The van der Waals surface area contributed by atoms with Crippen molar-refractivity contribution in [3.63, 3.8) is 0 Å². The number of pyridine rings is 1. The van der Waals surface area contributed by atoms with Crippen molar-refractivity contribution in [2.24, 2.45) is 5.92 Å². The van der Waals surface area contributed by atoms with E-state index in [1.807, 2.05) is 32.9 Å². The van der Waals surface area contributed by atoms with Gasteiger partial charge >= 0.3 is 6.09 Å². The van der Waals surface area contributed by atoms with Crippen molar-refractivity contribution >= 4 is 36.1 Å². The molecule has 0 radical (unpaired) electrons. The SMILES string of the molecule is CC(C)(C)OC(=O)N1CCN(c2ccc(N3CC(CS)CC3=O)nc2)CC1. The molecule has 0 aliphatic carbocycles. The Kier molecular flexibility index (Phi) is 5.83. The second-order valence-corrected chi connectivity index (χ2v) is 8.45. The first-order chi connectivity index (χ1) is 12.8. The van der Waals surface area contributed by atoms with Gasteiger partial charge in [-0.05, 0) is 44.6 Å². The lowest BCUT2D eigenvalue weighted by atomic mass is 10.1. The quantitative estimate of drug-likeness (QED) is 0.801. The van der Waals surface area contributed by atoms with Crippen LogP contribution in [-0.4, -0.2) is 66.0 Å². The molecule has 0 saturated carbocycles. The van der Waals surface area contributed by atoms with E-state index in [2.05, 4.69) is 22.5 Å². The summed E-state index contributed by atoms with van der Waals surface area (Å²) in [7, 11) is 0. The average molecular weight is 393 g/mol. The van der Waals surface area contributed by atoms with Crippen molar-refractivity contribution in [1.29, 1.82) is 0 Å². The van der Waals surface area contributed by atoms with Crippen molar-refractivity contribution < 1.29 is 14.3 Å². The van der Waals surface area contributed by atoms with Crippen LogP contribution in [0.1, 0.15) is 27.2 Å². The van der Waals surface area contributed by atoms with Crippen LogP contribution in [0.3, 0.4) is 0 Å². The molecule has 1 aromatic heterocycles. The van der Waals surface area contributed by atoms with Crippen molar-refractivity contribution in [2.45, 2.75) is 32.8 Å². The third-order valence-electron chi connectivity index (χ3n) is 4.77. The molecule has 1 aromatic rings. The highest BCUT2D eigenvalue weighted by Crippen LogP contribution is 2.26. The van der Waals surface area contributed by atoms with E-state index in [0.717, 1.165) is 18.8 Å². The molecule has 148 valence electrons. The molecule has 2 fully saturated rings. The summed E-state index contributed by atoms with van der Waals surface area (Å²) in [5, 5.41) is 0. The number of carbonyl (C=O) groups excluding carboxylic acids is 2. The zero-order valence-electron chi connectivity index (χ0n) is 16.2. The largest absolute Gasteiger partial charge is 0.444 e. The van der Waals surface area contributed by atoms with Gasteiger partial charge in [0.2, 0.25) is 5.91 Å². The lowest BCUT2D eigenvalue weighted by Crippen LogP contribution is -2.50. The van der Waals surface area contributed by atoms with Gasteiger partial charge < -0.3 is 14.5 Å². The van der Waals surface area contributed by atoms with E-state index < -0.39 is 5.60 Å². The number of hydrogen-bond acceptors (Lipinski definition) is 6. The van der Waals surface area contributed by atoms with Crippen LogP contribution in [0, 0.1) is 5.92 Å². The van der Waals surface area contributed by atoms with Crippen molar-refractivity contribution in [1.82, 2.24) is 9.88 Å². The van der Waals surface area contributed by atoms with Crippen LogP contribution in [0.15, 0.2) is 18.3 Å². The average Bonchev–Trinajstić information content (AvgIpc) is 3.01. The fourth-order valence-electron chi connectivity index (χ4n) is 3.32. The number of anilines is 2. The number of piperazine rings is 1. The fraction of sp³-hybridized carbons (Fsp3) is 0.632. The van der Waals surface area contributed by atoms with Crippen molar-refractivity contribution in [3.8, 4) is 0 Å². The Balaban J connectivity index is 1.56. The Hall–Kier alpha value is -1.96. The maximum atomic E-state index is 12.2. The molecule has 7 nitrogen and oxygen atoms in total. The monoisotopic (exact) mass is 392 g/mol. The first-order valence-corrected chi connectivity index (χ1v) is 10.0. The molecule has 0 spiro atoms. The molecule has 0 bridgehead atoms. The van der Waals surface area contributed by atoms with E-state index in [0.29, 0.717) is 43.5 Å². The minimum Gasteiger partial charge on any atom is -0.444 e. The second-order valence-electron chi connectivity index (χ2n) is 8.09. The summed E-state index contributed by atoms with van der Waals surface area (Å²) in [6.45, 7) is 8.99. The third-order valence-corrected chi connectivity index (χ3v) is 5.29. The standard InChI is InChI=1S/C19H28N4O3S/c1-19(2,3)26-18(25)22-8-6-21(7-9-22)15-4-5-16(20-11-15)23-12-14(13-27)10-17(23)24/h4-5,11,14,27H,6-10,12-13H2,1-3H3. The number of thiol groups is 1. The van der Waals surface area contributed by atoms with Crippen molar-refractivity contribution in [2.75, 3.05) is 48.3 Å². The number of rotatable bonds is 3. The summed E-state index contributed by atoms with van der Waals surface area (Å²) in [5.74, 6) is 1.81. The number of aromatic nitrogens is 1. The number of hydrogen-bond donors (Lipinski definition) is 1. The fourth-order valence-corrected chi connectivity index (χ4v) is 3.57. The number of carbonyl (C=O) groups is 2. The number of amides is 2. The van der Waals surface area contributed by atoms with Crippen molar-refractivity contribution in [3.05, 3.63) is 18.3 Å². The summed E-state index contributed by atoms with van der Waals surface area (Å²) in [6, 6.07) is 3.89. The summed E-state index contributed by atoms with van der Waals surface area (Å²) in [6.07, 6.45) is 2.08. The Morgan fingerprint density at radius 3 is 2.48 bits per heavy atom. The van der Waals surface area contributed by atoms with Crippen LogP contribution >= 0.6 is 12.6 Å². The van der Waals surface area contributed by atoms with Gasteiger partial charge in [0.15, 0.2) is 0 Å². The van der Waals surface area contributed by atoms with E-state index in [1.54, 1.807) is 16.0 Å². The highest BCUT2D eigenvalue weighted by Gasteiger charge is 2.31. The summed E-state index contributed by atoms with van der Waals surface area (Å²) in [4.78, 5) is 34.4. The van der Waals surface area contributed by atoms with Gasteiger partial charge in [0.25, 0.3) is 0 Å². The Morgan fingerprint density at radius 1 is 1.26 bits per heavy atom. The topological polar surface area (TPSA) is 66.0 Å². The molecule has 1 atom stereocenters. The summed E-state index contributed by atoms with van der Waals surface area (Å²) >= 11 is 4.30. The van der Waals surface area contributed by atoms with E-state index in [-0.39, 0.29) is 12.0 Å². The lowest BCUT2D eigenvalue weighted by Gasteiger charge is -2.36. The van der Waals surface area contributed by atoms with Gasteiger partial charge in [-0.15, -0.1) is 0 Å². The van der Waals surface area contributed by atoms with Gasteiger partial charge in [-0.1, -0.05) is 0 Å². The lowest BCUT2D eigenvalue weighted by molar-refractivity contribution is -0.117. The molecular formula is C19H28N4O3S. The first-order valence-electron chi connectivity index (χ1n) is 9.37. The summed E-state index contributed by atoms with van der Waals surface area (Å²) in [5.41, 5.74) is 0.521. The molecule has 3 heterocycles. The van der Waals surface area contributed by atoms with E-state index in [1.165, 1.54) is 0 Å². The first kappa shape index (κ1) is 19.8. The molecule has 8 heteroatoms. The number of ether oxygens (including phenoxy) is 1. The van der Waals surface area contributed by atoms with Crippen LogP contribution in [0.2, 0.25) is 0 Å². The second kappa shape index (κ2) is 7.96. The molecule has 2 aliphatic rings. The minimum absolute atomic E-state index is 0.111. The maximum Gasteiger partial charge on any atom is 0.410 e. The normalized spacial score (nSPS) is 21.0. The Bertz CT molecular complexity index is 681. The predicted molar refractivity (Wildman–Crippen MR) is 109 cm³/mol. The summed E-state index contributed by atoms with van der Waals surface area (Å²) < 4.78 is 5.43. The highest BCUT2D eigenvalue weighted by molar-refractivity contribution is 7.80. The van der Waals surface area contributed by atoms with Gasteiger partial charge in [-0.25, -0.2) is 9.78 Å². The Morgan fingerprint density at radius 2 is 1.96 bits per heavy atom. The molecule has 1 unspecified atom stereocenters. The molecule has 27 heavy (non-hydrogen) atoms. The highest BCUT2D eigenvalue weighted by atomic mass is 32.1. The van der Waals surface area contributed by atoms with Gasteiger partial charge in [-0.3, -0.25) is 9.69 Å². The van der Waals surface area contributed by atoms with Crippen LogP contribution in [-0.2, 0) is 9.53 Å². The van der Waals surface area contributed by atoms with Gasteiger partial charge in [0.05, 0.1) is 11.9 Å². The van der Waals surface area contributed by atoms with Crippen LogP contribution < -0.4 is 9.80 Å². The molecule has 3 rings (SSSR count). The van der Waals surface area contributed by atoms with Crippen LogP contribution in [0.4, 0.5) is 16.3 Å². The third kappa shape index (κ3) is 4.86. The van der Waals surface area contributed by atoms with Crippen LogP contribution in [0.5, 0.6) is 0 Å². The number of nitrogens with zero attached hydrogens (tertiary/aromatic N) is 4. The van der Waals surface area contributed by atoms with E-state index in [4.69, 9.17) is 4.74 Å². The molecule has 2 amide bonds. The van der Waals surface area contributed by atoms with Gasteiger partial charge in [0, 0.05) is 39.1 Å². The predicted octanol–water partition coefficient (Wildman–Crippen LogP) is 2.42. The molecule has 0 aromatic carbocycles. The maximum absolute atomic E-state index is 12.2. The molecule has 2 saturated heterocycles. The van der Waals surface area contributed by atoms with E-state index >= 15 is 0 Å². The zero-order valence-corrected chi connectivity index (χ0v) is 17.1.